The summed E-state index contributed by atoms with van der Waals surface area (Å²) in [5, 5.41) is 19.9. The molecule has 0 aliphatic heterocycles. The largest absolute Gasteiger partial charge is 0.494 e. The van der Waals surface area contributed by atoms with Crippen LogP contribution in [0.15, 0.2) is 60.7 Å². The van der Waals surface area contributed by atoms with Gasteiger partial charge in [0.2, 0.25) is 0 Å². The maximum Gasteiger partial charge on any atom is 0.194 e. The third kappa shape index (κ3) is 3.18. The number of benzene rings is 2. The Hall–Kier alpha value is -2.94. The highest BCUT2D eigenvalue weighted by atomic mass is 16.3. The van der Waals surface area contributed by atoms with Gasteiger partial charge in [-0.05, 0) is 53.1 Å². The van der Waals surface area contributed by atoms with Crippen molar-refractivity contribution in [2.45, 2.75) is 70.3 Å². The van der Waals surface area contributed by atoms with Gasteiger partial charge in [-0.2, -0.15) is 0 Å². The van der Waals surface area contributed by atoms with Gasteiger partial charge in [0.05, 0.1) is 6.54 Å². The van der Waals surface area contributed by atoms with E-state index in [0.717, 1.165) is 5.56 Å². The highest BCUT2D eigenvalue weighted by Crippen LogP contribution is 2.56. The number of hydrogen-bond donors (Lipinski definition) is 2. The lowest BCUT2D eigenvalue weighted by atomic mass is 9.66. The van der Waals surface area contributed by atoms with Gasteiger partial charge < -0.3 is 10.2 Å². The van der Waals surface area contributed by atoms with Crippen LogP contribution in [0.2, 0.25) is 0 Å². The highest BCUT2D eigenvalue weighted by molar-refractivity contribution is 5.57. The highest BCUT2D eigenvalue weighted by Gasteiger charge is 2.47. The Balaban J connectivity index is 1.51. The molecule has 3 aromatic rings. The van der Waals surface area contributed by atoms with Gasteiger partial charge in [0, 0.05) is 28.4 Å². The van der Waals surface area contributed by atoms with Gasteiger partial charge in [0.25, 0.3) is 0 Å². The van der Waals surface area contributed by atoms with Gasteiger partial charge in [-0.15, -0.1) is 0 Å². The third-order valence-corrected chi connectivity index (χ3v) is 7.72. The molecular formula is C29H33NO2. The van der Waals surface area contributed by atoms with Gasteiger partial charge in [-0.1, -0.05) is 76.2 Å². The summed E-state index contributed by atoms with van der Waals surface area (Å²) in [7, 11) is 0. The molecule has 1 saturated carbocycles. The van der Waals surface area contributed by atoms with E-state index in [2.05, 4.69) is 83.2 Å². The number of aromatic nitrogens is 1. The molecule has 32 heavy (non-hydrogen) atoms. The zero-order valence-corrected chi connectivity index (χ0v) is 19.7. The lowest BCUT2D eigenvalue weighted by molar-refractivity contribution is 0.377. The van der Waals surface area contributed by atoms with E-state index in [9.17, 15) is 10.2 Å². The smallest absolute Gasteiger partial charge is 0.194 e. The number of aromatic hydroxyl groups is 2. The molecule has 0 bridgehead atoms. The van der Waals surface area contributed by atoms with Crippen molar-refractivity contribution in [1.29, 1.82) is 0 Å². The predicted octanol–water partition coefficient (Wildman–Crippen LogP) is 6.46. The first-order valence-electron chi connectivity index (χ1n) is 11.6. The number of aryl methyl sites for hydroxylation is 1. The fourth-order valence-corrected chi connectivity index (χ4v) is 5.44. The zero-order chi connectivity index (χ0) is 22.9. The minimum Gasteiger partial charge on any atom is -0.494 e. The van der Waals surface area contributed by atoms with E-state index in [0.29, 0.717) is 6.54 Å². The van der Waals surface area contributed by atoms with Crippen LogP contribution in [-0.4, -0.2) is 14.8 Å². The second kappa shape index (κ2) is 6.78. The molecule has 2 aliphatic carbocycles. The lowest BCUT2D eigenvalue weighted by Gasteiger charge is -2.38. The number of fused-ring (bicyclic) bond motifs is 1. The molecule has 166 valence electrons. The first-order valence-corrected chi connectivity index (χ1v) is 11.6. The molecule has 0 unspecified atom stereocenters. The van der Waals surface area contributed by atoms with Crippen LogP contribution in [-0.2, 0) is 22.8 Å². The molecule has 0 spiro atoms. The number of rotatable bonds is 4. The number of allylic oxidation sites excluding steroid dienone is 2. The molecule has 3 nitrogen and oxygen atoms in total. The molecule has 1 heterocycles. The van der Waals surface area contributed by atoms with Crippen molar-refractivity contribution in [3.05, 3.63) is 94.1 Å². The molecule has 0 saturated heterocycles. The maximum absolute atomic E-state index is 9.94. The summed E-state index contributed by atoms with van der Waals surface area (Å²) >= 11 is 0. The quantitative estimate of drug-likeness (QED) is 0.469. The third-order valence-electron chi connectivity index (χ3n) is 7.72. The topological polar surface area (TPSA) is 45.4 Å². The molecule has 0 amide bonds. The molecule has 2 aliphatic rings. The van der Waals surface area contributed by atoms with Crippen molar-refractivity contribution in [2.24, 2.45) is 0 Å². The van der Waals surface area contributed by atoms with E-state index in [1.54, 1.807) is 0 Å². The Bertz CT molecular complexity index is 1200. The summed E-state index contributed by atoms with van der Waals surface area (Å²) in [6.07, 6.45) is 7.07. The van der Waals surface area contributed by atoms with Crippen molar-refractivity contribution in [2.75, 3.05) is 0 Å². The predicted molar refractivity (Wildman–Crippen MR) is 130 cm³/mol. The normalized spacial score (nSPS) is 19.5. The van der Waals surface area contributed by atoms with Crippen molar-refractivity contribution in [3.63, 3.8) is 0 Å². The Morgan fingerprint density at radius 3 is 1.81 bits per heavy atom. The second-order valence-corrected chi connectivity index (χ2v) is 10.9. The maximum atomic E-state index is 9.94. The van der Waals surface area contributed by atoms with Gasteiger partial charge in [0.15, 0.2) is 11.8 Å². The van der Waals surface area contributed by atoms with E-state index < -0.39 is 0 Å². The Kier molecular flexibility index (Phi) is 4.43. The number of nitrogens with zero attached hydrogens (tertiary/aromatic N) is 1. The minimum atomic E-state index is 0.0357. The van der Waals surface area contributed by atoms with Crippen LogP contribution in [0.25, 0.3) is 0 Å². The van der Waals surface area contributed by atoms with Gasteiger partial charge in [0.1, 0.15) is 0 Å². The summed E-state index contributed by atoms with van der Waals surface area (Å²) < 4.78 is 1.51. The monoisotopic (exact) mass is 427 g/mol. The summed E-state index contributed by atoms with van der Waals surface area (Å²) in [4.78, 5) is 0. The summed E-state index contributed by atoms with van der Waals surface area (Å²) in [6.45, 7) is 12.0. The van der Waals surface area contributed by atoms with E-state index in [4.69, 9.17) is 0 Å². The van der Waals surface area contributed by atoms with Crippen LogP contribution in [0.5, 0.6) is 11.8 Å². The minimum absolute atomic E-state index is 0.0357. The van der Waals surface area contributed by atoms with E-state index in [1.807, 2.05) is 0 Å². The Labute approximate surface area is 191 Å². The van der Waals surface area contributed by atoms with Crippen LogP contribution in [0.3, 0.4) is 0 Å². The molecule has 5 rings (SSSR count). The Morgan fingerprint density at radius 2 is 1.28 bits per heavy atom. The van der Waals surface area contributed by atoms with E-state index >= 15 is 0 Å². The van der Waals surface area contributed by atoms with E-state index in [1.165, 1.54) is 57.4 Å². The summed E-state index contributed by atoms with van der Waals surface area (Å²) in [5.41, 5.74) is 8.34. The zero-order valence-electron chi connectivity index (χ0n) is 19.7. The second-order valence-electron chi connectivity index (χ2n) is 10.9. The molecule has 2 N–H and O–H groups in total. The fraction of sp³-hybridized carbons (Fsp3) is 0.379. The molecule has 3 heteroatoms. The average Bonchev–Trinajstić information content (AvgIpc) is 3.49. The van der Waals surface area contributed by atoms with Crippen LogP contribution < -0.4 is 0 Å². The lowest BCUT2D eigenvalue weighted by Crippen LogP contribution is -2.30. The van der Waals surface area contributed by atoms with Gasteiger partial charge in [-0.3, -0.25) is 4.57 Å². The van der Waals surface area contributed by atoms with Crippen molar-refractivity contribution in [3.8, 4) is 11.8 Å². The SMILES string of the molecule is Cc1cc2c(cc1C1(c3ccc(Cn4c(O)ccc4O)cc3)CC1)C(C)(C)C=CC2(C)C. The first kappa shape index (κ1) is 20.9. The molecule has 0 radical (unpaired) electrons. The molecule has 0 atom stereocenters. The van der Waals surface area contributed by atoms with E-state index in [-0.39, 0.29) is 28.0 Å². The summed E-state index contributed by atoms with van der Waals surface area (Å²) in [6, 6.07) is 16.7. The van der Waals surface area contributed by atoms with Crippen molar-refractivity contribution < 1.29 is 10.2 Å². The average molecular weight is 428 g/mol. The molecule has 1 aromatic heterocycles. The molecular weight excluding hydrogens is 394 g/mol. The first-order chi connectivity index (χ1) is 15.0. The van der Waals surface area contributed by atoms with Crippen LogP contribution in [0.4, 0.5) is 0 Å². The molecule has 1 fully saturated rings. The van der Waals surface area contributed by atoms with Crippen LogP contribution in [0.1, 0.15) is 73.9 Å². The Morgan fingerprint density at radius 1 is 0.750 bits per heavy atom. The fourth-order valence-electron chi connectivity index (χ4n) is 5.44. The molecule has 2 aromatic carbocycles. The number of hydrogen-bond acceptors (Lipinski definition) is 2. The van der Waals surface area contributed by atoms with Gasteiger partial charge >= 0.3 is 0 Å². The standard InChI is InChI=1S/C29H33NO2/c1-19-16-23-24(28(4,5)13-12-27(23,2)3)17-22(19)29(14-15-29)21-8-6-20(7-9-21)18-30-25(31)10-11-26(30)32/h6-13,16-17,31-32H,14-15,18H2,1-5H3. The van der Waals surface area contributed by atoms with Crippen LogP contribution >= 0.6 is 0 Å². The van der Waals surface area contributed by atoms with Gasteiger partial charge in [-0.25, -0.2) is 0 Å². The van der Waals surface area contributed by atoms with Crippen molar-refractivity contribution in [1.82, 2.24) is 4.57 Å². The van der Waals surface area contributed by atoms with Crippen molar-refractivity contribution >= 4 is 0 Å². The van der Waals surface area contributed by atoms with Crippen LogP contribution in [0, 0.1) is 6.92 Å². The summed E-state index contributed by atoms with van der Waals surface area (Å²) in [5.74, 6) is 0.157.